The lowest BCUT2D eigenvalue weighted by atomic mass is 9.93. The molecular formula is C31H35N3O3. The lowest BCUT2D eigenvalue weighted by Gasteiger charge is -2.28. The van der Waals surface area contributed by atoms with Crippen molar-refractivity contribution in [3.05, 3.63) is 101 Å². The van der Waals surface area contributed by atoms with Crippen LogP contribution in [0.4, 0.5) is 17.1 Å². The first-order valence-corrected chi connectivity index (χ1v) is 12.8. The minimum absolute atomic E-state index is 0.159. The lowest BCUT2D eigenvalue weighted by molar-refractivity contribution is -0.118. The van der Waals surface area contributed by atoms with Crippen LogP contribution < -0.4 is 14.7 Å². The summed E-state index contributed by atoms with van der Waals surface area (Å²) in [6.45, 7) is 5.96. The van der Waals surface area contributed by atoms with Gasteiger partial charge in [0.1, 0.15) is 0 Å². The molecule has 0 aromatic heterocycles. The summed E-state index contributed by atoms with van der Waals surface area (Å²) in [7, 11) is 3.92. The Morgan fingerprint density at radius 2 is 1.46 bits per heavy atom. The average Bonchev–Trinajstić information content (AvgIpc) is 3.19. The maximum Gasteiger partial charge on any atom is 0.294 e. The second kappa shape index (κ2) is 11.3. The summed E-state index contributed by atoms with van der Waals surface area (Å²) in [5.74, 6) is -1.24. The van der Waals surface area contributed by atoms with Gasteiger partial charge in [-0.25, -0.2) is 0 Å². The van der Waals surface area contributed by atoms with Crippen LogP contribution in [0.25, 0.3) is 0 Å². The Balaban J connectivity index is 1.71. The summed E-state index contributed by atoms with van der Waals surface area (Å²) in [6.07, 6.45) is 0.743. The van der Waals surface area contributed by atoms with E-state index in [1.807, 2.05) is 97.9 Å². The van der Waals surface area contributed by atoms with E-state index in [-0.39, 0.29) is 17.8 Å². The largest absolute Gasteiger partial charge is 0.503 e. The van der Waals surface area contributed by atoms with Crippen LogP contribution in [0.1, 0.15) is 37.4 Å². The number of Topliss-reactive ketones (excluding diaryl/α,β-unsaturated/α-hetero) is 1. The third-order valence-corrected chi connectivity index (χ3v) is 6.97. The molecule has 0 saturated carbocycles. The van der Waals surface area contributed by atoms with Gasteiger partial charge in [-0.05, 0) is 67.8 Å². The third-order valence-electron chi connectivity index (χ3n) is 6.97. The molecule has 1 heterocycles. The van der Waals surface area contributed by atoms with Gasteiger partial charge in [0, 0.05) is 50.7 Å². The molecule has 6 heteroatoms. The third kappa shape index (κ3) is 5.38. The monoisotopic (exact) mass is 497 g/mol. The fourth-order valence-corrected chi connectivity index (χ4v) is 4.88. The minimum Gasteiger partial charge on any atom is -0.503 e. The molecule has 1 N–H and O–H groups in total. The van der Waals surface area contributed by atoms with E-state index in [0.717, 1.165) is 35.6 Å². The number of aliphatic hydroxyl groups excluding tert-OH is 1. The molecule has 0 aliphatic carbocycles. The number of carbonyl (C=O) groups excluding carboxylic acids is 2. The first-order valence-electron chi connectivity index (χ1n) is 12.8. The van der Waals surface area contributed by atoms with Crippen LogP contribution in [0.2, 0.25) is 0 Å². The number of hydrogen-bond acceptors (Lipinski definition) is 5. The number of hydrogen-bond donors (Lipinski definition) is 1. The van der Waals surface area contributed by atoms with E-state index in [9.17, 15) is 14.7 Å². The molecule has 1 amide bonds. The van der Waals surface area contributed by atoms with E-state index in [2.05, 4.69) is 18.7 Å². The van der Waals surface area contributed by atoms with Crippen LogP contribution in [0.3, 0.4) is 0 Å². The molecule has 0 fully saturated rings. The van der Waals surface area contributed by atoms with Gasteiger partial charge < -0.3 is 14.9 Å². The second-order valence-corrected chi connectivity index (χ2v) is 9.42. The van der Waals surface area contributed by atoms with Crippen LogP contribution in [0.5, 0.6) is 0 Å². The van der Waals surface area contributed by atoms with Crippen LogP contribution in [0.15, 0.2) is 90.2 Å². The van der Waals surface area contributed by atoms with E-state index >= 15 is 0 Å². The summed E-state index contributed by atoms with van der Waals surface area (Å²) in [4.78, 5) is 32.7. The first kappa shape index (κ1) is 26.0. The summed E-state index contributed by atoms with van der Waals surface area (Å²) in [5, 5.41) is 11.0. The van der Waals surface area contributed by atoms with E-state index < -0.39 is 17.7 Å². The summed E-state index contributed by atoms with van der Waals surface area (Å²) in [5.41, 5.74) is 4.68. The van der Waals surface area contributed by atoms with Gasteiger partial charge in [0.2, 0.25) is 0 Å². The van der Waals surface area contributed by atoms with Gasteiger partial charge in [-0.15, -0.1) is 0 Å². The number of amides is 1. The Bertz CT molecular complexity index is 1260. The zero-order valence-electron chi connectivity index (χ0n) is 22.0. The number of nitrogens with zero attached hydrogens (tertiary/aromatic N) is 3. The molecule has 1 aliphatic heterocycles. The zero-order valence-corrected chi connectivity index (χ0v) is 22.0. The quantitative estimate of drug-likeness (QED) is 0.389. The predicted octanol–water partition coefficient (Wildman–Crippen LogP) is 5.70. The maximum absolute atomic E-state index is 13.5. The molecule has 4 rings (SSSR count). The number of carbonyl (C=O) groups is 2. The van der Waals surface area contributed by atoms with Crippen molar-refractivity contribution >= 4 is 28.8 Å². The number of anilines is 3. The van der Waals surface area contributed by atoms with Crippen molar-refractivity contribution in [2.24, 2.45) is 0 Å². The number of benzene rings is 3. The van der Waals surface area contributed by atoms with Gasteiger partial charge >= 0.3 is 0 Å². The number of aryl methyl sites for hydroxylation is 1. The van der Waals surface area contributed by atoms with Crippen LogP contribution >= 0.6 is 0 Å². The highest BCUT2D eigenvalue weighted by atomic mass is 16.3. The Kier molecular flexibility index (Phi) is 7.97. The van der Waals surface area contributed by atoms with Crippen molar-refractivity contribution < 1.29 is 14.7 Å². The van der Waals surface area contributed by atoms with Gasteiger partial charge in [-0.3, -0.25) is 14.5 Å². The van der Waals surface area contributed by atoms with E-state index in [1.165, 1.54) is 0 Å². The molecule has 1 aliphatic rings. The smallest absolute Gasteiger partial charge is 0.294 e. The highest BCUT2D eigenvalue weighted by molar-refractivity contribution is 6.16. The number of aliphatic hydroxyl groups is 1. The molecule has 3 aromatic rings. The summed E-state index contributed by atoms with van der Waals surface area (Å²) < 4.78 is 0. The van der Waals surface area contributed by atoms with Crippen molar-refractivity contribution in [2.45, 2.75) is 32.7 Å². The molecule has 37 heavy (non-hydrogen) atoms. The Morgan fingerprint density at radius 1 is 0.865 bits per heavy atom. The molecule has 192 valence electrons. The van der Waals surface area contributed by atoms with Gasteiger partial charge in [0.25, 0.3) is 5.91 Å². The van der Waals surface area contributed by atoms with Crippen LogP contribution in [-0.2, 0) is 16.0 Å². The highest BCUT2D eigenvalue weighted by Gasteiger charge is 2.44. The summed E-state index contributed by atoms with van der Waals surface area (Å²) >= 11 is 0. The second-order valence-electron chi connectivity index (χ2n) is 9.42. The van der Waals surface area contributed by atoms with Crippen molar-refractivity contribution in [3.8, 4) is 0 Å². The SMILES string of the molecule is CCN(CC)c1ccc(N2C(=O)C(O)=C(C(=O)CCc3ccccc3)C2c2ccc(N(C)C)cc2)cc1. The fourth-order valence-electron chi connectivity index (χ4n) is 4.88. The molecular weight excluding hydrogens is 462 g/mol. The van der Waals surface area contributed by atoms with Crippen molar-refractivity contribution in [2.75, 3.05) is 41.9 Å². The lowest BCUT2D eigenvalue weighted by Crippen LogP contribution is -2.31. The van der Waals surface area contributed by atoms with E-state index in [4.69, 9.17) is 0 Å². The molecule has 6 nitrogen and oxygen atoms in total. The number of rotatable bonds is 10. The zero-order chi connectivity index (χ0) is 26.5. The molecule has 0 spiro atoms. The molecule has 0 saturated heterocycles. The van der Waals surface area contributed by atoms with Crippen molar-refractivity contribution in [3.63, 3.8) is 0 Å². The Labute approximate surface area is 219 Å². The van der Waals surface area contributed by atoms with Crippen LogP contribution in [-0.4, -0.2) is 44.0 Å². The van der Waals surface area contributed by atoms with E-state index in [1.54, 1.807) is 4.90 Å². The van der Waals surface area contributed by atoms with Crippen molar-refractivity contribution in [1.29, 1.82) is 0 Å². The van der Waals surface area contributed by atoms with Gasteiger partial charge in [0.15, 0.2) is 11.5 Å². The molecule has 3 aromatic carbocycles. The normalized spacial score (nSPS) is 15.3. The number of ketones is 1. The van der Waals surface area contributed by atoms with Gasteiger partial charge in [-0.2, -0.15) is 0 Å². The Morgan fingerprint density at radius 3 is 2.03 bits per heavy atom. The van der Waals surface area contributed by atoms with Gasteiger partial charge in [-0.1, -0.05) is 42.5 Å². The molecule has 1 atom stereocenters. The fraction of sp³-hybridized carbons (Fsp3) is 0.290. The minimum atomic E-state index is -0.703. The van der Waals surface area contributed by atoms with Gasteiger partial charge in [0.05, 0.1) is 11.6 Å². The Hall–Kier alpha value is -4.06. The standard InChI is InChI=1S/C31H35N3O3/c1-5-33(6-2)25-17-19-26(20-18-25)34-29(23-13-15-24(16-14-23)32(3)4)28(30(36)31(34)37)27(35)21-12-22-10-8-7-9-11-22/h7-11,13-20,29,36H,5-6,12,21H2,1-4H3. The highest BCUT2D eigenvalue weighted by Crippen LogP contribution is 2.42. The molecule has 0 radical (unpaired) electrons. The maximum atomic E-state index is 13.5. The first-order chi connectivity index (χ1) is 17.8. The molecule has 0 bridgehead atoms. The van der Waals surface area contributed by atoms with E-state index in [0.29, 0.717) is 12.1 Å². The topological polar surface area (TPSA) is 64.1 Å². The predicted molar refractivity (Wildman–Crippen MR) is 150 cm³/mol. The summed E-state index contributed by atoms with van der Waals surface area (Å²) in [6, 6.07) is 24.6. The average molecular weight is 498 g/mol. The molecule has 1 unspecified atom stereocenters. The van der Waals surface area contributed by atoms with Crippen molar-refractivity contribution in [1.82, 2.24) is 0 Å². The van der Waals surface area contributed by atoms with Crippen LogP contribution in [0, 0.1) is 0 Å².